The van der Waals surface area contributed by atoms with E-state index in [0.717, 1.165) is 19.4 Å². The van der Waals surface area contributed by atoms with Crippen molar-refractivity contribution in [1.82, 2.24) is 20.6 Å². The van der Waals surface area contributed by atoms with Gasteiger partial charge in [-0.05, 0) is 18.9 Å². The van der Waals surface area contributed by atoms with E-state index in [2.05, 4.69) is 25.6 Å². The SMILES string of the molecule is CN=C(NCC(O)C(F)(F)F)NC1CCCN(c2ncccn2)C1.I. The fraction of sp³-hybridized carbons (Fsp3) is 0.643. The molecule has 0 bridgehead atoms. The van der Waals surface area contributed by atoms with E-state index in [0.29, 0.717) is 12.5 Å². The number of nitrogens with one attached hydrogen (secondary N) is 2. The second kappa shape index (κ2) is 9.94. The van der Waals surface area contributed by atoms with Crippen LogP contribution >= 0.6 is 24.0 Å². The van der Waals surface area contributed by atoms with E-state index in [-0.39, 0.29) is 36.0 Å². The third kappa shape index (κ3) is 6.80. The fourth-order valence-corrected chi connectivity index (χ4v) is 2.43. The molecular weight excluding hydrogens is 452 g/mol. The van der Waals surface area contributed by atoms with Crippen molar-refractivity contribution in [2.24, 2.45) is 4.99 Å². The summed E-state index contributed by atoms with van der Waals surface area (Å²) >= 11 is 0. The van der Waals surface area contributed by atoms with E-state index in [1.807, 2.05) is 4.90 Å². The molecule has 7 nitrogen and oxygen atoms in total. The second-order valence-corrected chi connectivity index (χ2v) is 5.49. The van der Waals surface area contributed by atoms with Gasteiger partial charge in [0.25, 0.3) is 0 Å². The summed E-state index contributed by atoms with van der Waals surface area (Å²) in [7, 11) is 1.47. The van der Waals surface area contributed by atoms with Crippen molar-refractivity contribution in [1.29, 1.82) is 0 Å². The van der Waals surface area contributed by atoms with Crippen molar-refractivity contribution in [2.75, 3.05) is 31.6 Å². The average molecular weight is 474 g/mol. The molecule has 11 heteroatoms. The lowest BCUT2D eigenvalue weighted by atomic mass is 10.1. The largest absolute Gasteiger partial charge is 0.416 e. The van der Waals surface area contributed by atoms with E-state index in [4.69, 9.17) is 5.11 Å². The summed E-state index contributed by atoms with van der Waals surface area (Å²) in [4.78, 5) is 14.3. The number of aromatic nitrogens is 2. The number of halogens is 4. The lowest BCUT2D eigenvalue weighted by molar-refractivity contribution is -0.201. The molecule has 2 rings (SSSR count). The number of hydrogen-bond donors (Lipinski definition) is 3. The maximum atomic E-state index is 12.3. The Morgan fingerprint density at radius 1 is 1.44 bits per heavy atom. The monoisotopic (exact) mass is 474 g/mol. The van der Waals surface area contributed by atoms with Crippen LogP contribution < -0.4 is 15.5 Å². The van der Waals surface area contributed by atoms with Crippen LogP contribution in [0.15, 0.2) is 23.5 Å². The van der Waals surface area contributed by atoms with Gasteiger partial charge in [0.2, 0.25) is 5.95 Å². The number of aliphatic hydroxyl groups is 1. The Morgan fingerprint density at radius 3 is 2.72 bits per heavy atom. The molecule has 0 radical (unpaired) electrons. The van der Waals surface area contributed by atoms with E-state index in [1.54, 1.807) is 18.5 Å². The summed E-state index contributed by atoms with van der Waals surface area (Å²) in [6.45, 7) is 0.787. The van der Waals surface area contributed by atoms with E-state index in [1.165, 1.54) is 7.05 Å². The lowest BCUT2D eigenvalue weighted by Gasteiger charge is -2.33. The zero-order valence-corrected chi connectivity index (χ0v) is 16.0. The van der Waals surface area contributed by atoms with Crippen molar-refractivity contribution in [3.05, 3.63) is 18.5 Å². The molecule has 2 heterocycles. The Balaban J connectivity index is 0.00000312. The molecule has 0 spiro atoms. The molecule has 3 N–H and O–H groups in total. The summed E-state index contributed by atoms with van der Waals surface area (Å²) in [5.74, 6) is 0.846. The van der Waals surface area contributed by atoms with Crippen LogP contribution in [0.25, 0.3) is 0 Å². The van der Waals surface area contributed by atoms with Crippen LogP contribution in [-0.2, 0) is 0 Å². The number of hydrogen-bond acceptors (Lipinski definition) is 5. The Morgan fingerprint density at radius 2 is 2.12 bits per heavy atom. The maximum Gasteiger partial charge on any atom is 0.416 e. The van der Waals surface area contributed by atoms with Crippen LogP contribution in [0, 0.1) is 0 Å². The Bertz CT molecular complexity index is 545. The molecule has 0 saturated carbocycles. The molecule has 0 amide bonds. The normalized spacial score (nSPS) is 19.8. The number of anilines is 1. The first-order chi connectivity index (χ1) is 11.4. The highest BCUT2D eigenvalue weighted by Gasteiger charge is 2.38. The highest BCUT2D eigenvalue weighted by Crippen LogP contribution is 2.19. The van der Waals surface area contributed by atoms with Crippen LogP contribution in [0.5, 0.6) is 0 Å². The number of nitrogens with zero attached hydrogens (tertiary/aromatic N) is 4. The predicted molar refractivity (Wildman–Crippen MR) is 99.2 cm³/mol. The molecule has 2 atom stereocenters. The first-order valence-electron chi connectivity index (χ1n) is 7.64. The molecule has 1 aromatic rings. The molecule has 25 heavy (non-hydrogen) atoms. The van der Waals surface area contributed by atoms with Gasteiger partial charge < -0.3 is 20.6 Å². The van der Waals surface area contributed by atoms with Gasteiger partial charge in [-0.1, -0.05) is 0 Å². The molecule has 0 aromatic carbocycles. The van der Waals surface area contributed by atoms with Gasteiger partial charge in [0.05, 0.1) is 6.54 Å². The minimum absolute atomic E-state index is 0. The molecule has 142 valence electrons. The van der Waals surface area contributed by atoms with Crippen molar-refractivity contribution < 1.29 is 18.3 Å². The third-order valence-electron chi connectivity index (χ3n) is 3.66. The van der Waals surface area contributed by atoms with Crippen LogP contribution in [0.1, 0.15) is 12.8 Å². The minimum atomic E-state index is -4.65. The molecule has 1 aromatic heterocycles. The van der Waals surface area contributed by atoms with Crippen molar-refractivity contribution in [2.45, 2.75) is 31.2 Å². The highest BCUT2D eigenvalue weighted by atomic mass is 127. The standard InChI is InChI=1S/C14H21F3N6O.HI/c1-18-12(21-8-11(24)14(15,16)17)22-10-4-2-7-23(9-10)13-19-5-3-6-20-13;/h3,5-6,10-11,24H,2,4,7-9H2,1H3,(H2,18,21,22);1H. The Labute approximate surface area is 161 Å². The Kier molecular flexibility index (Phi) is 8.62. The topological polar surface area (TPSA) is 85.7 Å². The summed E-state index contributed by atoms with van der Waals surface area (Å²) in [5, 5.41) is 14.6. The van der Waals surface area contributed by atoms with Gasteiger partial charge in [-0.2, -0.15) is 13.2 Å². The minimum Gasteiger partial charge on any atom is -0.382 e. The van der Waals surface area contributed by atoms with Gasteiger partial charge in [0, 0.05) is 38.6 Å². The van der Waals surface area contributed by atoms with Crippen molar-refractivity contribution in [3.63, 3.8) is 0 Å². The molecule has 2 unspecified atom stereocenters. The van der Waals surface area contributed by atoms with Gasteiger partial charge in [-0.15, -0.1) is 24.0 Å². The lowest BCUT2D eigenvalue weighted by Crippen LogP contribution is -2.53. The van der Waals surface area contributed by atoms with Gasteiger partial charge >= 0.3 is 6.18 Å². The zero-order valence-electron chi connectivity index (χ0n) is 13.7. The first kappa shape index (κ1) is 21.7. The zero-order chi connectivity index (χ0) is 17.6. The molecule has 1 fully saturated rings. The summed E-state index contributed by atoms with van der Waals surface area (Å²) < 4.78 is 37.0. The van der Waals surface area contributed by atoms with E-state index < -0.39 is 18.8 Å². The second-order valence-electron chi connectivity index (χ2n) is 5.49. The number of piperidine rings is 1. The smallest absolute Gasteiger partial charge is 0.382 e. The van der Waals surface area contributed by atoms with Crippen molar-refractivity contribution in [3.8, 4) is 0 Å². The van der Waals surface area contributed by atoms with Crippen LogP contribution in [-0.4, -0.2) is 66.0 Å². The van der Waals surface area contributed by atoms with Gasteiger partial charge in [-0.25, -0.2) is 9.97 Å². The maximum absolute atomic E-state index is 12.3. The molecule has 1 saturated heterocycles. The van der Waals surface area contributed by atoms with Crippen LogP contribution in [0.4, 0.5) is 19.1 Å². The molecular formula is C14H22F3IN6O. The number of aliphatic imine (C=N–C) groups is 1. The first-order valence-corrected chi connectivity index (χ1v) is 7.64. The molecule has 1 aliphatic heterocycles. The fourth-order valence-electron chi connectivity index (χ4n) is 2.43. The molecule has 1 aliphatic rings. The quantitative estimate of drug-likeness (QED) is 0.345. The molecule has 0 aliphatic carbocycles. The summed E-state index contributed by atoms with van der Waals surface area (Å²) in [5.41, 5.74) is 0. The number of alkyl halides is 3. The van der Waals surface area contributed by atoms with Gasteiger partial charge in [0.15, 0.2) is 12.1 Å². The summed E-state index contributed by atoms with van der Waals surface area (Å²) in [6, 6.07) is 1.73. The number of guanidine groups is 1. The predicted octanol–water partition coefficient (Wildman–Crippen LogP) is 1.15. The average Bonchev–Trinajstić information content (AvgIpc) is 2.58. The number of rotatable bonds is 4. The number of aliphatic hydroxyl groups excluding tert-OH is 1. The van der Waals surface area contributed by atoms with Crippen molar-refractivity contribution >= 4 is 35.9 Å². The van der Waals surface area contributed by atoms with E-state index >= 15 is 0 Å². The third-order valence-corrected chi connectivity index (χ3v) is 3.66. The highest BCUT2D eigenvalue weighted by molar-refractivity contribution is 14.0. The van der Waals surface area contributed by atoms with Crippen LogP contribution in [0.2, 0.25) is 0 Å². The van der Waals surface area contributed by atoms with E-state index in [9.17, 15) is 13.2 Å². The van der Waals surface area contributed by atoms with Gasteiger partial charge in [0.1, 0.15) is 0 Å². The Hall–Kier alpha value is -1.37. The van der Waals surface area contributed by atoms with Crippen LogP contribution in [0.3, 0.4) is 0 Å². The van der Waals surface area contributed by atoms with Gasteiger partial charge in [-0.3, -0.25) is 4.99 Å². The summed E-state index contributed by atoms with van der Waals surface area (Å²) in [6.07, 6.45) is -2.00.